The molecule has 0 bridgehead atoms. The van der Waals surface area contributed by atoms with E-state index in [1.165, 1.54) is 0 Å². The topological polar surface area (TPSA) is 25.8 Å². The summed E-state index contributed by atoms with van der Waals surface area (Å²) in [7, 11) is 0. The molecule has 0 N–H and O–H groups in total. The van der Waals surface area contributed by atoms with Crippen LogP contribution in [0.4, 0.5) is 0 Å². The van der Waals surface area contributed by atoms with Crippen LogP contribution in [0, 0.1) is 0 Å². The van der Waals surface area contributed by atoms with Crippen molar-refractivity contribution >= 4 is 11.6 Å². The molecular formula is C18H15ClN2. The Hall–Kier alpha value is -2.19. The second kappa shape index (κ2) is 6.06. The first kappa shape index (κ1) is 13.8. The number of rotatable bonds is 3. The number of halogens is 1. The van der Waals surface area contributed by atoms with Crippen molar-refractivity contribution < 1.29 is 0 Å². The lowest BCUT2D eigenvalue weighted by molar-refractivity contribution is 0.916. The van der Waals surface area contributed by atoms with Gasteiger partial charge < -0.3 is 0 Å². The van der Waals surface area contributed by atoms with Crippen LogP contribution < -0.4 is 0 Å². The zero-order valence-corrected chi connectivity index (χ0v) is 12.5. The number of hydrogen-bond acceptors (Lipinski definition) is 2. The van der Waals surface area contributed by atoms with Crippen LogP contribution >= 0.6 is 11.6 Å². The van der Waals surface area contributed by atoms with Gasteiger partial charge in [-0.2, -0.15) is 0 Å². The summed E-state index contributed by atoms with van der Waals surface area (Å²) >= 11 is 6.20. The fourth-order valence-electron chi connectivity index (χ4n) is 2.16. The zero-order valence-electron chi connectivity index (χ0n) is 11.7. The largest absolute Gasteiger partial charge is 0.231 e. The number of aromatic nitrogens is 2. The smallest absolute Gasteiger partial charge is 0.147 e. The van der Waals surface area contributed by atoms with Gasteiger partial charge in [0.1, 0.15) is 5.82 Å². The molecule has 1 heterocycles. The van der Waals surface area contributed by atoms with Crippen molar-refractivity contribution in [2.24, 2.45) is 0 Å². The van der Waals surface area contributed by atoms with Gasteiger partial charge in [0.05, 0.1) is 16.8 Å². The molecule has 0 spiro atoms. The lowest BCUT2D eigenvalue weighted by Crippen LogP contribution is -1.99. The first-order valence-electron chi connectivity index (χ1n) is 6.88. The van der Waals surface area contributed by atoms with E-state index in [0.29, 0.717) is 5.82 Å². The van der Waals surface area contributed by atoms with Crippen molar-refractivity contribution in [2.45, 2.75) is 12.3 Å². The molecule has 0 aliphatic rings. The molecule has 2 aromatic carbocycles. The van der Waals surface area contributed by atoms with Crippen LogP contribution in [0.2, 0.25) is 0 Å². The Bertz CT molecular complexity index is 667. The van der Waals surface area contributed by atoms with Crippen LogP contribution in [-0.4, -0.2) is 9.97 Å². The van der Waals surface area contributed by atoms with Crippen molar-refractivity contribution in [3.05, 3.63) is 72.6 Å². The molecule has 1 atom stereocenters. The van der Waals surface area contributed by atoms with Crippen LogP contribution in [0.15, 0.2) is 66.7 Å². The molecule has 2 nitrogen and oxygen atoms in total. The molecule has 3 rings (SSSR count). The van der Waals surface area contributed by atoms with Gasteiger partial charge in [-0.3, -0.25) is 0 Å². The SMILES string of the molecule is CC(Cl)c1nc(-c2ccccc2)cc(-c2ccccc2)n1. The van der Waals surface area contributed by atoms with Crippen LogP contribution in [0.3, 0.4) is 0 Å². The summed E-state index contributed by atoms with van der Waals surface area (Å²) in [6.45, 7) is 1.89. The van der Waals surface area contributed by atoms with Gasteiger partial charge in [0.2, 0.25) is 0 Å². The van der Waals surface area contributed by atoms with Crippen LogP contribution in [0.5, 0.6) is 0 Å². The van der Waals surface area contributed by atoms with Gasteiger partial charge in [0.25, 0.3) is 0 Å². The minimum atomic E-state index is -0.226. The monoisotopic (exact) mass is 294 g/mol. The predicted molar refractivity (Wildman–Crippen MR) is 87.2 cm³/mol. The van der Waals surface area contributed by atoms with E-state index in [-0.39, 0.29) is 5.38 Å². The Morgan fingerprint density at radius 3 is 1.57 bits per heavy atom. The van der Waals surface area contributed by atoms with Crippen molar-refractivity contribution in [1.82, 2.24) is 9.97 Å². The van der Waals surface area contributed by atoms with Gasteiger partial charge in [0.15, 0.2) is 0 Å². The fourth-order valence-corrected chi connectivity index (χ4v) is 2.25. The average molecular weight is 295 g/mol. The first-order valence-corrected chi connectivity index (χ1v) is 7.31. The molecule has 21 heavy (non-hydrogen) atoms. The van der Waals surface area contributed by atoms with Gasteiger partial charge in [-0.1, -0.05) is 60.7 Å². The highest BCUT2D eigenvalue weighted by Gasteiger charge is 2.11. The van der Waals surface area contributed by atoms with Gasteiger partial charge in [-0.25, -0.2) is 9.97 Å². The van der Waals surface area contributed by atoms with E-state index in [1.807, 2.05) is 73.7 Å². The summed E-state index contributed by atoms with van der Waals surface area (Å²) in [6, 6.07) is 22.2. The quantitative estimate of drug-likeness (QED) is 0.627. The molecule has 0 fully saturated rings. The fraction of sp³-hybridized carbons (Fsp3) is 0.111. The van der Waals surface area contributed by atoms with Crippen LogP contribution in [0.1, 0.15) is 18.1 Å². The Morgan fingerprint density at radius 2 is 1.19 bits per heavy atom. The lowest BCUT2D eigenvalue weighted by Gasteiger charge is -2.09. The normalized spacial score (nSPS) is 12.1. The highest BCUT2D eigenvalue weighted by Crippen LogP contribution is 2.26. The van der Waals surface area contributed by atoms with Gasteiger partial charge >= 0.3 is 0 Å². The molecule has 0 aliphatic heterocycles. The molecule has 3 heteroatoms. The van der Waals surface area contributed by atoms with E-state index in [2.05, 4.69) is 9.97 Å². The maximum Gasteiger partial charge on any atom is 0.147 e. The summed E-state index contributed by atoms with van der Waals surface area (Å²) < 4.78 is 0. The molecule has 1 unspecified atom stereocenters. The number of benzene rings is 2. The second-order valence-corrected chi connectivity index (χ2v) is 5.50. The van der Waals surface area contributed by atoms with E-state index >= 15 is 0 Å². The Morgan fingerprint density at radius 1 is 0.762 bits per heavy atom. The van der Waals surface area contributed by atoms with Crippen LogP contribution in [0.25, 0.3) is 22.5 Å². The standard InChI is InChI=1S/C18H15ClN2/c1-13(19)18-20-16(14-8-4-2-5-9-14)12-17(21-18)15-10-6-3-7-11-15/h2-13H,1H3. The molecule has 0 aliphatic carbocycles. The summed E-state index contributed by atoms with van der Waals surface area (Å²) in [5.74, 6) is 0.650. The minimum Gasteiger partial charge on any atom is -0.231 e. The van der Waals surface area contributed by atoms with Crippen molar-refractivity contribution in [3.63, 3.8) is 0 Å². The summed E-state index contributed by atoms with van der Waals surface area (Å²) in [6.07, 6.45) is 0. The first-order chi connectivity index (χ1) is 10.2. The van der Waals surface area contributed by atoms with Crippen molar-refractivity contribution in [1.29, 1.82) is 0 Å². The van der Waals surface area contributed by atoms with E-state index in [0.717, 1.165) is 22.5 Å². The van der Waals surface area contributed by atoms with E-state index in [4.69, 9.17) is 11.6 Å². The summed E-state index contributed by atoms with van der Waals surface area (Å²) in [5, 5.41) is -0.226. The maximum atomic E-state index is 6.20. The molecule has 104 valence electrons. The Kier molecular flexibility index (Phi) is 3.98. The number of hydrogen-bond donors (Lipinski definition) is 0. The van der Waals surface area contributed by atoms with Gasteiger partial charge in [-0.15, -0.1) is 11.6 Å². The molecule has 0 saturated carbocycles. The Labute approximate surface area is 129 Å². The van der Waals surface area contributed by atoms with E-state index in [1.54, 1.807) is 0 Å². The maximum absolute atomic E-state index is 6.20. The third-order valence-electron chi connectivity index (χ3n) is 3.24. The van der Waals surface area contributed by atoms with E-state index in [9.17, 15) is 0 Å². The van der Waals surface area contributed by atoms with E-state index < -0.39 is 0 Å². The van der Waals surface area contributed by atoms with Gasteiger partial charge in [0, 0.05) is 11.1 Å². The summed E-state index contributed by atoms with van der Waals surface area (Å²) in [4.78, 5) is 9.17. The second-order valence-electron chi connectivity index (χ2n) is 4.84. The van der Waals surface area contributed by atoms with Crippen molar-refractivity contribution in [3.8, 4) is 22.5 Å². The van der Waals surface area contributed by atoms with Crippen LogP contribution in [-0.2, 0) is 0 Å². The third kappa shape index (κ3) is 3.11. The Balaban J connectivity index is 2.16. The predicted octanol–water partition coefficient (Wildman–Crippen LogP) is 5.11. The number of nitrogens with zero attached hydrogens (tertiary/aromatic N) is 2. The third-order valence-corrected chi connectivity index (χ3v) is 3.43. The number of alkyl halides is 1. The lowest BCUT2D eigenvalue weighted by atomic mass is 10.1. The van der Waals surface area contributed by atoms with Gasteiger partial charge in [-0.05, 0) is 13.0 Å². The molecule has 0 saturated heterocycles. The minimum absolute atomic E-state index is 0.226. The zero-order chi connectivity index (χ0) is 14.7. The summed E-state index contributed by atoms with van der Waals surface area (Å²) in [5.41, 5.74) is 3.92. The highest BCUT2D eigenvalue weighted by molar-refractivity contribution is 6.20. The van der Waals surface area contributed by atoms with Crippen molar-refractivity contribution in [2.75, 3.05) is 0 Å². The molecule has 0 amide bonds. The highest BCUT2D eigenvalue weighted by atomic mass is 35.5. The molecule has 0 radical (unpaired) electrons. The molecular weight excluding hydrogens is 280 g/mol. The molecule has 3 aromatic rings. The average Bonchev–Trinajstić information content (AvgIpc) is 2.56. The molecule has 1 aromatic heterocycles.